The van der Waals surface area contributed by atoms with Crippen molar-refractivity contribution in [2.75, 3.05) is 27.3 Å². The van der Waals surface area contributed by atoms with E-state index in [2.05, 4.69) is 47.4 Å². The molecular formula is C22H27NO2. The number of rotatable bonds is 5. The molecule has 2 bridgehead atoms. The van der Waals surface area contributed by atoms with Gasteiger partial charge in [0.05, 0.1) is 14.2 Å². The van der Waals surface area contributed by atoms with Crippen LogP contribution in [0.1, 0.15) is 29.9 Å². The SMILES string of the molecule is COc1ccc(CN2CC3CCC(C2)C3c2cccc(OC)c2)cc1. The summed E-state index contributed by atoms with van der Waals surface area (Å²) in [4.78, 5) is 2.64. The number of piperidine rings is 1. The lowest BCUT2D eigenvalue weighted by Gasteiger charge is -2.38. The summed E-state index contributed by atoms with van der Waals surface area (Å²) in [7, 11) is 3.47. The van der Waals surface area contributed by atoms with Crippen LogP contribution in [0.15, 0.2) is 48.5 Å². The highest BCUT2D eigenvalue weighted by atomic mass is 16.5. The lowest BCUT2D eigenvalue weighted by Crippen LogP contribution is -2.40. The Hall–Kier alpha value is -2.00. The largest absolute Gasteiger partial charge is 0.497 e. The third kappa shape index (κ3) is 3.38. The predicted octanol–water partition coefficient (Wildman–Crippen LogP) is 4.33. The van der Waals surface area contributed by atoms with Crippen molar-refractivity contribution in [2.45, 2.75) is 25.3 Å². The Morgan fingerprint density at radius 1 is 0.880 bits per heavy atom. The van der Waals surface area contributed by atoms with Crippen LogP contribution in [-0.2, 0) is 6.54 Å². The molecule has 1 aliphatic carbocycles. The fourth-order valence-corrected chi connectivity index (χ4v) is 4.83. The smallest absolute Gasteiger partial charge is 0.119 e. The van der Waals surface area contributed by atoms with E-state index in [-0.39, 0.29) is 0 Å². The molecule has 1 saturated heterocycles. The zero-order chi connectivity index (χ0) is 17.2. The van der Waals surface area contributed by atoms with Gasteiger partial charge in [0.15, 0.2) is 0 Å². The van der Waals surface area contributed by atoms with E-state index in [4.69, 9.17) is 9.47 Å². The second-order valence-corrected chi connectivity index (χ2v) is 7.44. The summed E-state index contributed by atoms with van der Waals surface area (Å²) in [5.41, 5.74) is 2.84. The van der Waals surface area contributed by atoms with Gasteiger partial charge >= 0.3 is 0 Å². The maximum atomic E-state index is 5.43. The number of fused-ring (bicyclic) bond motifs is 2. The number of hydrogen-bond acceptors (Lipinski definition) is 3. The molecule has 2 fully saturated rings. The van der Waals surface area contributed by atoms with Crippen LogP contribution in [0.5, 0.6) is 11.5 Å². The maximum absolute atomic E-state index is 5.43. The van der Waals surface area contributed by atoms with Crippen LogP contribution in [0.3, 0.4) is 0 Å². The van der Waals surface area contributed by atoms with E-state index in [0.29, 0.717) is 5.92 Å². The first kappa shape index (κ1) is 16.5. The molecular weight excluding hydrogens is 310 g/mol. The number of hydrogen-bond donors (Lipinski definition) is 0. The summed E-state index contributed by atoms with van der Waals surface area (Å²) in [5, 5.41) is 0. The molecule has 0 spiro atoms. The van der Waals surface area contributed by atoms with Gasteiger partial charge in [-0.25, -0.2) is 0 Å². The summed E-state index contributed by atoms with van der Waals surface area (Å²) in [6.07, 6.45) is 2.71. The lowest BCUT2D eigenvalue weighted by atomic mass is 9.80. The van der Waals surface area contributed by atoms with Crippen molar-refractivity contribution >= 4 is 0 Å². The topological polar surface area (TPSA) is 21.7 Å². The Morgan fingerprint density at radius 3 is 2.20 bits per heavy atom. The van der Waals surface area contributed by atoms with Crippen LogP contribution in [-0.4, -0.2) is 32.2 Å². The third-order valence-corrected chi connectivity index (χ3v) is 5.95. The van der Waals surface area contributed by atoms with E-state index in [9.17, 15) is 0 Å². The lowest BCUT2D eigenvalue weighted by molar-refractivity contribution is 0.138. The van der Waals surface area contributed by atoms with Crippen molar-refractivity contribution < 1.29 is 9.47 Å². The molecule has 3 heteroatoms. The molecule has 25 heavy (non-hydrogen) atoms. The standard InChI is InChI=1S/C22H27NO2/c1-24-20-10-6-16(7-11-20)13-23-14-18-8-9-19(15-23)22(18)17-4-3-5-21(12-17)25-2/h3-7,10-12,18-19,22H,8-9,13-15H2,1-2H3. The van der Waals surface area contributed by atoms with Gasteiger partial charge in [-0.1, -0.05) is 24.3 Å². The third-order valence-electron chi connectivity index (χ3n) is 5.95. The molecule has 132 valence electrons. The molecule has 0 radical (unpaired) electrons. The Labute approximate surface area is 150 Å². The van der Waals surface area contributed by atoms with E-state index < -0.39 is 0 Å². The van der Waals surface area contributed by atoms with Crippen molar-refractivity contribution in [3.05, 3.63) is 59.7 Å². The van der Waals surface area contributed by atoms with Gasteiger partial charge in [-0.05, 0) is 66.0 Å². The highest BCUT2D eigenvalue weighted by molar-refractivity contribution is 5.33. The van der Waals surface area contributed by atoms with Gasteiger partial charge in [0, 0.05) is 19.6 Å². The van der Waals surface area contributed by atoms with Crippen molar-refractivity contribution in [1.82, 2.24) is 4.90 Å². The molecule has 2 atom stereocenters. The second kappa shape index (κ2) is 7.09. The monoisotopic (exact) mass is 337 g/mol. The van der Waals surface area contributed by atoms with Crippen LogP contribution in [0.4, 0.5) is 0 Å². The quantitative estimate of drug-likeness (QED) is 0.810. The normalized spacial score (nSPS) is 25.8. The van der Waals surface area contributed by atoms with Gasteiger partial charge in [0.2, 0.25) is 0 Å². The van der Waals surface area contributed by atoms with Gasteiger partial charge in [-0.2, -0.15) is 0 Å². The van der Waals surface area contributed by atoms with Crippen LogP contribution in [0, 0.1) is 11.8 Å². The van der Waals surface area contributed by atoms with Crippen molar-refractivity contribution in [3.8, 4) is 11.5 Å². The Kier molecular flexibility index (Phi) is 4.67. The molecule has 4 rings (SSSR count). The average Bonchev–Trinajstić information content (AvgIpc) is 2.93. The van der Waals surface area contributed by atoms with E-state index in [1.165, 1.54) is 37.1 Å². The van der Waals surface area contributed by atoms with E-state index in [1.807, 2.05) is 6.07 Å². The zero-order valence-electron chi connectivity index (χ0n) is 15.2. The fraction of sp³-hybridized carbons (Fsp3) is 0.455. The number of likely N-dealkylation sites (tertiary alicyclic amines) is 1. The Balaban J connectivity index is 1.45. The summed E-state index contributed by atoms with van der Waals surface area (Å²) in [5.74, 6) is 4.15. The average molecular weight is 337 g/mol. The van der Waals surface area contributed by atoms with E-state index in [1.54, 1.807) is 14.2 Å². The Bertz CT molecular complexity index is 698. The first-order valence-electron chi connectivity index (χ1n) is 9.26. The fourth-order valence-electron chi connectivity index (χ4n) is 4.83. The van der Waals surface area contributed by atoms with Crippen LogP contribution >= 0.6 is 0 Å². The number of benzene rings is 2. The van der Waals surface area contributed by atoms with Gasteiger partial charge in [-0.3, -0.25) is 4.90 Å². The van der Waals surface area contributed by atoms with Gasteiger partial charge in [0.25, 0.3) is 0 Å². The molecule has 0 aromatic heterocycles. The van der Waals surface area contributed by atoms with Crippen molar-refractivity contribution in [3.63, 3.8) is 0 Å². The molecule has 2 aromatic carbocycles. The molecule has 2 unspecified atom stereocenters. The van der Waals surface area contributed by atoms with Gasteiger partial charge < -0.3 is 9.47 Å². The second-order valence-electron chi connectivity index (χ2n) is 7.44. The zero-order valence-corrected chi connectivity index (χ0v) is 15.2. The maximum Gasteiger partial charge on any atom is 0.119 e. The van der Waals surface area contributed by atoms with E-state index >= 15 is 0 Å². The molecule has 1 saturated carbocycles. The minimum atomic E-state index is 0.696. The van der Waals surface area contributed by atoms with Crippen molar-refractivity contribution in [2.24, 2.45) is 11.8 Å². The van der Waals surface area contributed by atoms with Gasteiger partial charge in [0.1, 0.15) is 11.5 Å². The number of ether oxygens (including phenoxy) is 2. The molecule has 2 aliphatic rings. The van der Waals surface area contributed by atoms with Crippen LogP contribution in [0.25, 0.3) is 0 Å². The molecule has 1 aliphatic heterocycles. The number of nitrogens with zero attached hydrogens (tertiary/aromatic N) is 1. The van der Waals surface area contributed by atoms with Crippen LogP contribution in [0.2, 0.25) is 0 Å². The summed E-state index contributed by atoms with van der Waals surface area (Å²) in [6.45, 7) is 3.44. The molecule has 1 heterocycles. The first-order valence-corrected chi connectivity index (χ1v) is 9.26. The Morgan fingerprint density at radius 2 is 1.56 bits per heavy atom. The molecule has 0 N–H and O–H groups in total. The first-order chi connectivity index (χ1) is 12.3. The van der Waals surface area contributed by atoms with Crippen molar-refractivity contribution in [1.29, 1.82) is 0 Å². The summed E-state index contributed by atoms with van der Waals surface area (Å²) in [6, 6.07) is 17.2. The number of methoxy groups -OCH3 is 2. The van der Waals surface area contributed by atoms with Crippen LogP contribution < -0.4 is 9.47 Å². The molecule has 0 amide bonds. The van der Waals surface area contributed by atoms with E-state index in [0.717, 1.165) is 29.9 Å². The minimum absolute atomic E-state index is 0.696. The summed E-state index contributed by atoms with van der Waals surface area (Å²) >= 11 is 0. The highest BCUT2D eigenvalue weighted by Crippen LogP contribution is 2.48. The molecule has 3 nitrogen and oxygen atoms in total. The minimum Gasteiger partial charge on any atom is -0.497 e. The van der Waals surface area contributed by atoms with Gasteiger partial charge in [-0.15, -0.1) is 0 Å². The predicted molar refractivity (Wildman–Crippen MR) is 100 cm³/mol. The molecule has 2 aromatic rings. The summed E-state index contributed by atoms with van der Waals surface area (Å²) < 4.78 is 10.7. The highest BCUT2D eigenvalue weighted by Gasteiger charge is 2.42.